The first-order chi connectivity index (χ1) is 9.75. The molecule has 2 aromatic carbocycles. The van der Waals surface area contributed by atoms with Crippen LogP contribution < -0.4 is 10.1 Å². The lowest BCUT2D eigenvalue weighted by molar-refractivity contribution is 0.00205. The van der Waals surface area contributed by atoms with Crippen LogP contribution in [0.1, 0.15) is 24.1 Å². The summed E-state index contributed by atoms with van der Waals surface area (Å²) in [6.07, 6.45) is -0.758. The van der Waals surface area contributed by atoms with Crippen LogP contribution in [-0.2, 0) is 6.54 Å². The molecule has 1 aliphatic rings. The number of benzene rings is 2. The Balaban J connectivity index is 0.00000161. The number of hydrogen-bond donors (Lipinski definition) is 2. The van der Waals surface area contributed by atoms with Gasteiger partial charge in [0.1, 0.15) is 18.0 Å². The van der Waals surface area contributed by atoms with Gasteiger partial charge in [-0.15, -0.1) is 12.4 Å². The number of nitrogens with one attached hydrogen (secondary N) is 1. The molecule has 0 radical (unpaired) electrons. The summed E-state index contributed by atoms with van der Waals surface area (Å²) < 4.78 is 5.74. The van der Waals surface area contributed by atoms with Gasteiger partial charge in [0.25, 0.3) is 0 Å². The summed E-state index contributed by atoms with van der Waals surface area (Å²) >= 11 is 0. The van der Waals surface area contributed by atoms with Gasteiger partial charge in [-0.25, -0.2) is 0 Å². The summed E-state index contributed by atoms with van der Waals surface area (Å²) in [6, 6.07) is 18.0. The molecule has 0 aromatic heterocycles. The summed E-state index contributed by atoms with van der Waals surface area (Å²) in [5.74, 6) is 0.857. The van der Waals surface area contributed by atoms with Crippen molar-refractivity contribution in [3.63, 3.8) is 0 Å². The summed E-state index contributed by atoms with van der Waals surface area (Å²) in [6.45, 7) is 2.63. The number of para-hydroxylation sites is 1. The number of ether oxygens (including phenoxy) is 1. The molecule has 4 heteroatoms. The second-order valence-corrected chi connectivity index (χ2v) is 5.20. The highest BCUT2D eigenvalue weighted by Crippen LogP contribution is 2.34. The monoisotopic (exact) mass is 305 g/mol. The fourth-order valence-corrected chi connectivity index (χ4v) is 2.62. The molecule has 112 valence electrons. The molecule has 3 atom stereocenters. The van der Waals surface area contributed by atoms with Gasteiger partial charge in [-0.2, -0.15) is 0 Å². The van der Waals surface area contributed by atoms with Crippen molar-refractivity contribution in [1.82, 2.24) is 5.32 Å². The molecule has 0 saturated carbocycles. The van der Waals surface area contributed by atoms with E-state index in [9.17, 15) is 5.11 Å². The Morgan fingerprint density at radius 3 is 2.48 bits per heavy atom. The van der Waals surface area contributed by atoms with Gasteiger partial charge in [-0.1, -0.05) is 48.5 Å². The Bertz CT molecular complexity index is 576. The molecule has 3 rings (SSSR count). The minimum Gasteiger partial charge on any atom is -0.488 e. The topological polar surface area (TPSA) is 41.5 Å². The first-order valence-electron chi connectivity index (χ1n) is 6.96. The van der Waals surface area contributed by atoms with E-state index in [0.717, 1.165) is 17.9 Å². The minimum absolute atomic E-state index is 0. The van der Waals surface area contributed by atoms with Crippen molar-refractivity contribution < 1.29 is 9.84 Å². The second kappa shape index (κ2) is 6.94. The van der Waals surface area contributed by atoms with E-state index < -0.39 is 6.10 Å². The Labute approximate surface area is 131 Å². The number of aliphatic hydroxyl groups is 1. The van der Waals surface area contributed by atoms with E-state index in [1.807, 2.05) is 49.4 Å². The van der Waals surface area contributed by atoms with E-state index in [1.165, 1.54) is 5.56 Å². The van der Waals surface area contributed by atoms with Crippen molar-refractivity contribution in [2.75, 3.05) is 0 Å². The van der Waals surface area contributed by atoms with Crippen molar-refractivity contribution in [2.24, 2.45) is 0 Å². The predicted octanol–water partition coefficient (Wildman–Crippen LogP) is 3.08. The van der Waals surface area contributed by atoms with E-state index in [-0.39, 0.29) is 24.6 Å². The molecule has 0 amide bonds. The Hall–Kier alpha value is -1.55. The van der Waals surface area contributed by atoms with Gasteiger partial charge in [0.05, 0.1) is 6.04 Å². The average molecular weight is 306 g/mol. The van der Waals surface area contributed by atoms with Crippen molar-refractivity contribution in [3.8, 4) is 5.75 Å². The fourth-order valence-electron chi connectivity index (χ4n) is 2.62. The SMILES string of the molecule is CC1Oc2ccccc2C(NCc2ccccc2)C1O.Cl. The highest BCUT2D eigenvalue weighted by molar-refractivity contribution is 5.85. The molecule has 0 aliphatic carbocycles. The van der Waals surface area contributed by atoms with Crippen LogP contribution in [0.25, 0.3) is 0 Å². The molecule has 0 bridgehead atoms. The summed E-state index contributed by atoms with van der Waals surface area (Å²) in [7, 11) is 0. The van der Waals surface area contributed by atoms with Crippen LogP contribution >= 0.6 is 12.4 Å². The van der Waals surface area contributed by atoms with Crippen LogP contribution in [0.2, 0.25) is 0 Å². The van der Waals surface area contributed by atoms with Crippen LogP contribution in [0.3, 0.4) is 0 Å². The van der Waals surface area contributed by atoms with Crippen molar-refractivity contribution >= 4 is 12.4 Å². The van der Waals surface area contributed by atoms with Crippen LogP contribution in [0, 0.1) is 0 Å². The zero-order valence-corrected chi connectivity index (χ0v) is 12.7. The lowest BCUT2D eigenvalue weighted by Crippen LogP contribution is -2.44. The van der Waals surface area contributed by atoms with E-state index in [0.29, 0.717) is 0 Å². The highest BCUT2D eigenvalue weighted by Gasteiger charge is 2.34. The molecule has 0 saturated heterocycles. The maximum absolute atomic E-state index is 10.4. The van der Waals surface area contributed by atoms with Gasteiger partial charge < -0.3 is 15.2 Å². The Kier molecular flexibility index (Phi) is 5.23. The van der Waals surface area contributed by atoms with Gasteiger partial charge >= 0.3 is 0 Å². The number of hydrogen-bond acceptors (Lipinski definition) is 3. The van der Waals surface area contributed by atoms with E-state index in [1.54, 1.807) is 0 Å². The molecule has 2 N–H and O–H groups in total. The first kappa shape index (κ1) is 15.8. The lowest BCUT2D eigenvalue weighted by Gasteiger charge is -2.35. The number of fused-ring (bicyclic) bond motifs is 1. The Morgan fingerprint density at radius 2 is 1.71 bits per heavy atom. The number of rotatable bonds is 3. The van der Waals surface area contributed by atoms with Crippen LogP contribution in [0.15, 0.2) is 54.6 Å². The molecule has 2 aromatic rings. The standard InChI is InChI=1S/C17H19NO2.ClH/c1-12-17(19)16(14-9-5-6-10-15(14)20-12)18-11-13-7-3-2-4-8-13;/h2-10,12,16-19H,11H2,1H3;1H. The van der Waals surface area contributed by atoms with Gasteiger partial charge in [0.15, 0.2) is 0 Å². The smallest absolute Gasteiger partial charge is 0.124 e. The molecule has 3 nitrogen and oxygen atoms in total. The third-order valence-corrected chi connectivity index (χ3v) is 3.76. The normalized spacial score (nSPS) is 23.6. The Morgan fingerprint density at radius 1 is 1.05 bits per heavy atom. The van der Waals surface area contributed by atoms with Gasteiger partial charge in [-0.3, -0.25) is 0 Å². The quantitative estimate of drug-likeness (QED) is 0.915. The number of halogens is 1. The molecular formula is C17H20ClNO2. The average Bonchev–Trinajstić information content (AvgIpc) is 2.49. The molecule has 21 heavy (non-hydrogen) atoms. The lowest BCUT2D eigenvalue weighted by atomic mass is 9.94. The summed E-state index contributed by atoms with van der Waals surface area (Å²) in [4.78, 5) is 0. The zero-order chi connectivity index (χ0) is 13.9. The molecular weight excluding hydrogens is 286 g/mol. The highest BCUT2D eigenvalue weighted by atomic mass is 35.5. The molecule has 0 spiro atoms. The summed E-state index contributed by atoms with van der Waals surface area (Å²) in [5.41, 5.74) is 2.23. The van der Waals surface area contributed by atoms with Crippen LogP contribution in [0.5, 0.6) is 5.75 Å². The molecule has 3 unspecified atom stereocenters. The van der Waals surface area contributed by atoms with E-state index >= 15 is 0 Å². The molecule has 0 fully saturated rings. The fraction of sp³-hybridized carbons (Fsp3) is 0.294. The predicted molar refractivity (Wildman–Crippen MR) is 85.8 cm³/mol. The third-order valence-electron chi connectivity index (χ3n) is 3.76. The minimum atomic E-state index is -0.548. The summed E-state index contributed by atoms with van der Waals surface area (Å²) in [5, 5.41) is 13.8. The van der Waals surface area contributed by atoms with Gasteiger partial charge in [-0.05, 0) is 18.6 Å². The van der Waals surface area contributed by atoms with Crippen molar-refractivity contribution in [2.45, 2.75) is 31.7 Å². The van der Waals surface area contributed by atoms with Gasteiger partial charge in [0.2, 0.25) is 0 Å². The van der Waals surface area contributed by atoms with Gasteiger partial charge in [0, 0.05) is 12.1 Å². The van der Waals surface area contributed by atoms with Crippen molar-refractivity contribution in [1.29, 1.82) is 0 Å². The van der Waals surface area contributed by atoms with Crippen LogP contribution in [-0.4, -0.2) is 17.3 Å². The second-order valence-electron chi connectivity index (χ2n) is 5.20. The van der Waals surface area contributed by atoms with Crippen LogP contribution in [0.4, 0.5) is 0 Å². The number of aliphatic hydroxyl groups excluding tert-OH is 1. The molecule has 1 aliphatic heterocycles. The third kappa shape index (κ3) is 3.38. The molecule has 1 heterocycles. The van der Waals surface area contributed by atoms with E-state index in [2.05, 4.69) is 17.4 Å². The van der Waals surface area contributed by atoms with Crippen molar-refractivity contribution in [3.05, 3.63) is 65.7 Å². The first-order valence-corrected chi connectivity index (χ1v) is 6.96. The maximum atomic E-state index is 10.4. The van der Waals surface area contributed by atoms with E-state index in [4.69, 9.17) is 4.74 Å². The maximum Gasteiger partial charge on any atom is 0.124 e. The zero-order valence-electron chi connectivity index (χ0n) is 11.9. The largest absolute Gasteiger partial charge is 0.488 e.